The van der Waals surface area contributed by atoms with E-state index in [1.807, 2.05) is 6.26 Å². The van der Waals surface area contributed by atoms with Gasteiger partial charge in [0.25, 0.3) is 5.56 Å². The highest BCUT2D eigenvalue weighted by Crippen LogP contribution is 2.14. The maximum atomic E-state index is 11.8. The van der Waals surface area contributed by atoms with Crippen LogP contribution in [-0.4, -0.2) is 41.4 Å². The molecule has 0 aromatic carbocycles. The van der Waals surface area contributed by atoms with Crippen LogP contribution in [0, 0.1) is 0 Å². The molecule has 8 heteroatoms. The van der Waals surface area contributed by atoms with Gasteiger partial charge >= 0.3 is 5.97 Å². The zero-order chi connectivity index (χ0) is 13.5. The summed E-state index contributed by atoms with van der Waals surface area (Å²) in [5, 5.41) is 6.88. The van der Waals surface area contributed by atoms with Crippen LogP contribution in [0.4, 0.5) is 5.69 Å². The highest BCUT2D eigenvalue weighted by atomic mass is 35.5. The van der Waals surface area contributed by atoms with Crippen molar-refractivity contribution in [2.75, 3.05) is 31.0 Å². The van der Waals surface area contributed by atoms with Crippen molar-refractivity contribution in [3.63, 3.8) is 0 Å². The molecule has 0 spiro atoms. The Bertz CT molecular complexity index is 478. The molecule has 1 aromatic heterocycles. The summed E-state index contributed by atoms with van der Waals surface area (Å²) in [4.78, 5) is 22.8. The van der Waals surface area contributed by atoms with E-state index in [1.165, 1.54) is 13.3 Å². The monoisotopic (exact) mass is 291 g/mol. The minimum Gasteiger partial charge on any atom is -0.468 e. The SMILES string of the molecule is COC(=O)Cn1ncc(NCCSC)c(Cl)c1=O. The first-order valence-electron chi connectivity index (χ1n) is 5.15. The first-order valence-corrected chi connectivity index (χ1v) is 6.92. The number of carbonyl (C=O) groups is 1. The van der Waals surface area contributed by atoms with E-state index >= 15 is 0 Å². The highest BCUT2D eigenvalue weighted by Gasteiger charge is 2.11. The van der Waals surface area contributed by atoms with Gasteiger partial charge in [-0.15, -0.1) is 0 Å². The third kappa shape index (κ3) is 3.92. The van der Waals surface area contributed by atoms with Gasteiger partial charge in [-0.25, -0.2) is 4.68 Å². The third-order valence-electron chi connectivity index (χ3n) is 2.11. The first kappa shape index (κ1) is 14.8. The topological polar surface area (TPSA) is 73.2 Å². The van der Waals surface area contributed by atoms with Crippen LogP contribution in [0.1, 0.15) is 0 Å². The van der Waals surface area contributed by atoms with Crippen LogP contribution in [0.3, 0.4) is 0 Å². The predicted molar refractivity (Wildman–Crippen MR) is 72.4 cm³/mol. The fourth-order valence-corrected chi connectivity index (χ4v) is 1.69. The van der Waals surface area contributed by atoms with E-state index < -0.39 is 11.5 Å². The lowest BCUT2D eigenvalue weighted by atomic mass is 10.4. The van der Waals surface area contributed by atoms with Gasteiger partial charge in [0.05, 0.1) is 19.0 Å². The minimum absolute atomic E-state index is 0.0232. The second kappa shape index (κ2) is 7.27. The lowest BCUT2D eigenvalue weighted by molar-refractivity contribution is -0.141. The summed E-state index contributed by atoms with van der Waals surface area (Å²) < 4.78 is 5.42. The van der Waals surface area contributed by atoms with Crippen molar-refractivity contribution in [2.45, 2.75) is 6.54 Å². The number of carbonyl (C=O) groups excluding carboxylic acids is 1. The summed E-state index contributed by atoms with van der Waals surface area (Å²) in [5.41, 5.74) is -0.0481. The van der Waals surface area contributed by atoms with Gasteiger partial charge in [0.15, 0.2) is 0 Å². The van der Waals surface area contributed by atoms with E-state index in [0.717, 1.165) is 10.4 Å². The van der Waals surface area contributed by atoms with Crippen LogP contribution in [0.25, 0.3) is 0 Å². The number of thioether (sulfide) groups is 1. The number of esters is 1. The molecule has 0 saturated carbocycles. The molecule has 0 saturated heterocycles. The summed E-state index contributed by atoms with van der Waals surface area (Å²) in [7, 11) is 1.24. The van der Waals surface area contributed by atoms with Gasteiger partial charge in [-0.05, 0) is 6.26 Å². The molecule has 0 atom stereocenters. The van der Waals surface area contributed by atoms with Crippen LogP contribution >= 0.6 is 23.4 Å². The van der Waals surface area contributed by atoms with Gasteiger partial charge in [-0.2, -0.15) is 16.9 Å². The number of rotatable bonds is 6. The quantitative estimate of drug-likeness (QED) is 0.619. The molecule has 0 aliphatic carbocycles. The Morgan fingerprint density at radius 1 is 1.67 bits per heavy atom. The molecule has 1 N–H and O–H groups in total. The molecule has 6 nitrogen and oxygen atoms in total. The van der Waals surface area contributed by atoms with Gasteiger partial charge in [0.2, 0.25) is 0 Å². The van der Waals surface area contributed by atoms with E-state index in [0.29, 0.717) is 12.2 Å². The van der Waals surface area contributed by atoms with Crippen molar-refractivity contribution in [1.82, 2.24) is 9.78 Å². The van der Waals surface area contributed by atoms with Crippen molar-refractivity contribution in [3.8, 4) is 0 Å². The van der Waals surface area contributed by atoms with Crippen molar-refractivity contribution in [1.29, 1.82) is 0 Å². The van der Waals surface area contributed by atoms with Crippen molar-refractivity contribution >= 4 is 35.0 Å². The lowest BCUT2D eigenvalue weighted by Crippen LogP contribution is -2.28. The largest absolute Gasteiger partial charge is 0.468 e. The Morgan fingerprint density at radius 2 is 2.39 bits per heavy atom. The van der Waals surface area contributed by atoms with Gasteiger partial charge in [-0.1, -0.05) is 11.6 Å². The van der Waals surface area contributed by atoms with Gasteiger partial charge < -0.3 is 10.1 Å². The second-order valence-electron chi connectivity index (χ2n) is 3.33. The smallest absolute Gasteiger partial charge is 0.327 e. The fraction of sp³-hybridized carbons (Fsp3) is 0.500. The summed E-state index contributed by atoms with van der Waals surface area (Å²) in [6, 6.07) is 0. The van der Waals surface area contributed by atoms with Crippen molar-refractivity contribution in [2.24, 2.45) is 0 Å². The Balaban J connectivity index is 2.84. The Labute approximate surface area is 114 Å². The van der Waals surface area contributed by atoms with Gasteiger partial charge in [-0.3, -0.25) is 9.59 Å². The standard InChI is InChI=1S/C10H14ClN3O3S/c1-17-8(15)6-14-10(16)9(11)7(5-13-14)12-3-4-18-2/h5,12H,3-4,6H2,1-2H3. The maximum Gasteiger partial charge on any atom is 0.327 e. The first-order chi connectivity index (χ1) is 8.60. The summed E-state index contributed by atoms with van der Waals surface area (Å²) in [6.45, 7) is 0.434. The molecule has 0 bridgehead atoms. The molecule has 0 aliphatic rings. The van der Waals surface area contributed by atoms with Crippen LogP contribution < -0.4 is 10.9 Å². The highest BCUT2D eigenvalue weighted by molar-refractivity contribution is 7.98. The summed E-state index contributed by atoms with van der Waals surface area (Å²) in [6.07, 6.45) is 3.41. The number of hydrogen-bond donors (Lipinski definition) is 1. The van der Waals surface area contributed by atoms with Crippen molar-refractivity contribution in [3.05, 3.63) is 21.6 Å². The van der Waals surface area contributed by atoms with Crippen LogP contribution in [0.15, 0.2) is 11.0 Å². The molecule has 0 unspecified atom stereocenters. The number of aromatic nitrogens is 2. The molecule has 100 valence electrons. The molecule has 1 heterocycles. The zero-order valence-corrected chi connectivity index (χ0v) is 11.7. The van der Waals surface area contributed by atoms with E-state index in [4.69, 9.17) is 11.6 Å². The molecule has 1 aromatic rings. The molecule has 0 radical (unpaired) electrons. The number of hydrogen-bond acceptors (Lipinski definition) is 6. The van der Waals surface area contributed by atoms with Crippen LogP contribution in [0.2, 0.25) is 5.02 Å². The fourth-order valence-electron chi connectivity index (χ4n) is 1.18. The van der Waals surface area contributed by atoms with Gasteiger partial charge in [0.1, 0.15) is 11.6 Å². The van der Waals surface area contributed by atoms with Crippen molar-refractivity contribution < 1.29 is 9.53 Å². The number of anilines is 1. The lowest BCUT2D eigenvalue weighted by Gasteiger charge is -2.09. The number of nitrogens with zero attached hydrogens (tertiary/aromatic N) is 2. The number of halogens is 1. The normalized spacial score (nSPS) is 10.2. The Morgan fingerprint density at radius 3 is 3.00 bits per heavy atom. The molecular weight excluding hydrogens is 278 g/mol. The summed E-state index contributed by atoms with van der Waals surface area (Å²) >= 11 is 7.58. The minimum atomic E-state index is -0.552. The molecule has 0 aliphatic heterocycles. The van der Waals surface area contributed by atoms with Gasteiger partial charge in [0, 0.05) is 12.3 Å². The van der Waals surface area contributed by atoms with Crippen LogP contribution in [0.5, 0.6) is 0 Å². The molecular formula is C10H14ClN3O3S. The maximum absolute atomic E-state index is 11.8. The molecule has 1 rings (SSSR count). The summed E-state index contributed by atoms with van der Waals surface area (Å²) in [5.74, 6) is 0.338. The Kier molecular flexibility index (Phi) is 6.00. The molecule has 18 heavy (non-hydrogen) atoms. The second-order valence-corrected chi connectivity index (χ2v) is 4.69. The molecule has 0 fully saturated rings. The van der Waals surface area contributed by atoms with E-state index in [-0.39, 0.29) is 11.6 Å². The number of ether oxygens (including phenoxy) is 1. The van der Waals surface area contributed by atoms with E-state index in [2.05, 4.69) is 15.2 Å². The Hall–Kier alpha value is -1.21. The zero-order valence-electron chi connectivity index (χ0n) is 10.1. The number of nitrogens with one attached hydrogen (secondary N) is 1. The van der Waals surface area contributed by atoms with Crippen LogP contribution in [-0.2, 0) is 16.1 Å². The van der Waals surface area contributed by atoms with E-state index in [1.54, 1.807) is 11.8 Å². The van der Waals surface area contributed by atoms with E-state index in [9.17, 15) is 9.59 Å². The average Bonchev–Trinajstić information content (AvgIpc) is 2.37. The average molecular weight is 292 g/mol. The predicted octanol–water partition coefficient (Wildman–Crippen LogP) is 0.845. The number of methoxy groups -OCH3 is 1. The molecule has 0 amide bonds. The third-order valence-corrected chi connectivity index (χ3v) is 3.09.